The molecule has 0 spiro atoms. The number of phenolic OH excluding ortho intramolecular Hbond substituents is 1. The first-order chi connectivity index (χ1) is 11.1. The summed E-state index contributed by atoms with van der Waals surface area (Å²) in [5.41, 5.74) is 4.60. The van der Waals surface area contributed by atoms with Crippen LogP contribution in [0.3, 0.4) is 0 Å². The Kier molecular flexibility index (Phi) is 3.68. The fraction of sp³-hybridized carbons (Fsp3) is 0.0625. The summed E-state index contributed by atoms with van der Waals surface area (Å²) in [5, 5.41) is 22.6. The lowest BCUT2D eigenvalue weighted by molar-refractivity contribution is -0.129. The zero-order chi connectivity index (χ0) is 16.4. The van der Waals surface area contributed by atoms with Crippen LogP contribution in [0.4, 0.5) is 5.95 Å². The Hall–Kier alpha value is -3.35. The molecule has 23 heavy (non-hydrogen) atoms. The average Bonchev–Trinajstić information content (AvgIpc) is 2.86. The third-order valence-electron chi connectivity index (χ3n) is 3.40. The number of para-hydroxylation sites is 2. The number of nitrogens with zero attached hydrogens (tertiary/aromatic N) is 3. The van der Waals surface area contributed by atoms with Crippen molar-refractivity contribution >= 4 is 28.7 Å². The van der Waals surface area contributed by atoms with Gasteiger partial charge in [0.2, 0.25) is 5.95 Å². The largest absolute Gasteiger partial charge is 0.508 e. The summed E-state index contributed by atoms with van der Waals surface area (Å²) in [6.45, 7) is 0. The Morgan fingerprint density at radius 1 is 1.17 bits per heavy atom. The van der Waals surface area contributed by atoms with Crippen molar-refractivity contribution in [3.05, 3.63) is 54.1 Å². The monoisotopic (exact) mass is 310 g/mol. The molecule has 3 aromatic rings. The van der Waals surface area contributed by atoms with Gasteiger partial charge in [0.15, 0.2) is 5.71 Å². The van der Waals surface area contributed by atoms with Crippen molar-refractivity contribution in [2.45, 2.75) is 0 Å². The summed E-state index contributed by atoms with van der Waals surface area (Å²) in [4.78, 5) is 15.8. The van der Waals surface area contributed by atoms with Gasteiger partial charge in [-0.2, -0.15) is 5.10 Å². The lowest BCUT2D eigenvalue weighted by Crippen LogP contribution is -2.16. The number of hydrogen-bond acceptors (Lipinski definition) is 5. The van der Waals surface area contributed by atoms with Crippen LogP contribution in [-0.2, 0) is 11.8 Å². The topological polar surface area (TPSA) is 99.7 Å². The number of carbonyl (C=O) groups is 1. The molecule has 0 aliphatic heterocycles. The molecule has 0 aliphatic rings. The van der Waals surface area contributed by atoms with Gasteiger partial charge in [-0.25, -0.2) is 15.2 Å². The lowest BCUT2D eigenvalue weighted by atomic mass is 10.1. The fourth-order valence-electron chi connectivity index (χ4n) is 2.21. The number of rotatable bonds is 4. The van der Waals surface area contributed by atoms with Crippen molar-refractivity contribution in [3.63, 3.8) is 0 Å². The van der Waals surface area contributed by atoms with Gasteiger partial charge in [0.25, 0.3) is 0 Å². The van der Waals surface area contributed by atoms with Gasteiger partial charge in [-0.1, -0.05) is 12.1 Å². The second-order valence-corrected chi connectivity index (χ2v) is 4.91. The Morgan fingerprint density at radius 2 is 1.87 bits per heavy atom. The van der Waals surface area contributed by atoms with Crippen molar-refractivity contribution in [2.75, 3.05) is 5.43 Å². The molecule has 7 heteroatoms. The maximum atomic E-state index is 11.4. The maximum Gasteiger partial charge on any atom is 0.356 e. The number of hydrazone groups is 1. The second-order valence-electron chi connectivity index (χ2n) is 4.91. The van der Waals surface area contributed by atoms with E-state index in [4.69, 9.17) is 0 Å². The molecule has 1 aromatic heterocycles. The number of nitrogens with one attached hydrogen (secondary N) is 1. The number of imidazole rings is 1. The third kappa shape index (κ3) is 2.84. The predicted octanol–water partition coefficient (Wildman–Crippen LogP) is 2.18. The van der Waals surface area contributed by atoms with Crippen molar-refractivity contribution in [2.24, 2.45) is 12.1 Å². The quantitative estimate of drug-likeness (QED) is 0.506. The van der Waals surface area contributed by atoms with Crippen LogP contribution in [0.2, 0.25) is 0 Å². The Morgan fingerprint density at radius 3 is 2.52 bits per heavy atom. The van der Waals surface area contributed by atoms with Crippen LogP contribution in [0.5, 0.6) is 5.75 Å². The predicted molar refractivity (Wildman–Crippen MR) is 86.6 cm³/mol. The molecular weight excluding hydrogens is 296 g/mol. The number of phenols is 1. The molecule has 3 rings (SSSR count). The van der Waals surface area contributed by atoms with Crippen LogP contribution in [-0.4, -0.2) is 31.4 Å². The first kappa shape index (κ1) is 14.6. The van der Waals surface area contributed by atoms with Crippen LogP contribution >= 0.6 is 0 Å². The number of hydrogen-bond donors (Lipinski definition) is 3. The lowest BCUT2D eigenvalue weighted by Gasteiger charge is -2.04. The van der Waals surface area contributed by atoms with Gasteiger partial charge >= 0.3 is 5.97 Å². The highest BCUT2D eigenvalue weighted by Crippen LogP contribution is 2.18. The zero-order valence-corrected chi connectivity index (χ0v) is 12.3. The molecule has 0 unspecified atom stereocenters. The van der Waals surface area contributed by atoms with Gasteiger partial charge in [0.1, 0.15) is 5.75 Å². The summed E-state index contributed by atoms with van der Waals surface area (Å²) in [6, 6.07) is 13.3. The zero-order valence-electron chi connectivity index (χ0n) is 12.3. The fourth-order valence-corrected chi connectivity index (χ4v) is 2.21. The van der Waals surface area contributed by atoms with E-state index < -0.39 is 5.97 Å². The molecule has 7 nitrogen and oxygen atoms in total. The minimum Gasteiger partial charge on any atom is -0.508 e. The molecule has 2 aromatic carbocycles. The highest BCUT2D eigenvalue weighted by atomic mass is 16.4. The molecule has 0 atom stereocenters. The van der Waals surface area contributed by atoms with Gasteiger partial charge in [0.05, 0.1) is 11.0 Å². The van der Waals surface area contributed by atoms with E-state index in [-0.39, 0.29) is 11.5 Å². The molecule has 0 bridgehead atoms. The van der Waals surface area contributed by atoms with E-state index in [2.05, 4.69) is 15.5 Å². The molecule has 3 N–H and O–H groups in total. The minimum atomic E-state index is -1.18. The molecule has 0 aliphatic carbocycles. The maximum absolute atomic E-state index is 11.4. The Labute approximate surface area is 131 Å². The number of benzene rings is 2. The number of anilines is 1. The number of aromatic nitrogens is 2. The van der Waals surface area contributed by atoms with E-state index in [0.29, 0.717) is 11.5 Å². The number of fused-ring (bicyclic) bond motifs is 1. The minimum absolute atomic E-state index is 0.0572. The third-order valence-corrected chi connectivity index (χ3v) is 3.40. The van der Waals surface area contributed by atoms with E-state index >= 15 is 0 Å². The standard InChI is InChI=1S/C16H14N4O3/c1-20-13-5-3-2-4-12(13)17-16(20)19-18-14(15(22)23)10-6-8-11(21)9-7-10/h2-9,21H,1H3,(H,17,19)(H,22,23)/b18-14-. The summed E-state index contributed by atoms with van der Waals surface area (Å²) in [7, 11) is 1.81. The smallest absolute Gasteiger partial charge is 0.356 e. The van der Waals surface area contributed by atoms with Gasteiger partial charge in [-0.05, 0) is 36.4 Å². The number of carboxylic acid groups (broad SMARTS) is 1. The van der Waals surface area contributed by atoms with Gasteiger partial charge in [0, 0.05) is 12.6 Å². The van der Waals surface area contributed by atoms with Crippen molar-refractivity contribution in [3.8, 4) is 5.75 Å². The van der Waals surface area contributed by atoms with Crippen molar-refractivity contribution in [1.29, 1.82) is 0 Å². The first-order valence-electron chi connectivity index (χ1n) is 6.84. The first-order valence-corrected chi connectivity index (χ1v) is 6.84. The van der Waals surface area contributed by atoms with Crippen LogP contribution < -0.4 is 5.43 Å². The molecule has 1 heterocycles. The number of aliphatic carboxylic acids is 1. The van der Waals surface area contributed by atoms with E-state index in [1.807, 2.05) is 31.3 Å². The number of aromatic hydroxyl groups is 1. The number of carboxylic acids is 1. The van der Waals surface area contributed by atoms with E-state index in [0.717, 1.165) is 11.0 Å². The SMILES string of the molecule is Cn1c(N/N=C(\C(=O)O)c2ccc(O)cc2)nc2ccccc21. The van der Waals surface area contributed by atoms with E-state index in [1.165, 1.54) is 24.3 Å². The molecule has 0 fully saturated rings. The molecule has 0 radical (unpaired) electrons. The van der Waals surface area contributed by atoms with Crippen LogP contribution in [0.1, 0.15) is 5.56 Å². The van der Waals surface area contributed by atoms with Crippen LogP contribution in [0, 0.1) is 0 Å². The van der Waals surface area contributed by atoms with Gasteiger partial charge in [-0.15, -0.1) is 0 Å². The van der Waals surface area contributed by atoms with Gasteiger partial charge in [-0.3, -0.25) is 0 Å². The number of aryl methyl sites for hydroxylation is 1. The summed E-state index contributed by atoms with van der Waals surface area (Å²) in [6.07, 6.45) is 0. The van der Waals surface area contributed by atoms with Gasteiger partial charge < -0.3 is 14.8 Å². The van der Waals surface area contributed by atoms with E-state index in [1.54, 1.807) is 4.57 Å². The summed E-state index contributed by atoms with van der Waals surface area (Å²) >= 11 is 0. The Bertz CT molecular complexity index is 897. The van der Waals surface area contributed by atoms with Crippen LogP contribution in [0.15, 0.2) is 53.6 Å². The highest BCUT2D eigenvalue weighted by Gasteiger charge is 2.14. The Balaban J connectivity index is 1.95. The average molecular weight is 310 g/mol. The van der Waals surface area contributed by atoms with Crippen LogP contribution in [0.25, 0.3) is 11.0 Å². The normalized spacial score (nSPS) is 11.6. The summed E-state index contributed by atoms with van der Waals surface area (Å²) in [5.74, 6) is -0.688. The molecular formula is C16H14N4O3. The second kappa shape index (κ2) is 5.80. The molecule has 0 saturated heterocycles. The highest BCUT2D eigenvalue weighted by molar-refractivity contribution is 6.42. The molecule has 0 amide bonds. The summed E-state index contributed by atoms with van der Waals surface area (Å²) < 4.78 is 1.79. The molecule has 0 saturated carbocycles. The van der Waals surface area contributed by atoms with E-state index in [9.17, 15) is 15.0 Å². The molecule has 116 valence electrons. The van der Waals surface area contributed by atoms with Crippen molar-refractivity contribution < 1.29 is 15.0 Å². The van der Waals surface area contributed by atoms with Crippen molar-refractivity contribution in [1.82, 2.24) is 9.55 Å².